The number of hydrogen-bond donors (Lipinski definition) is 3. The van der Waals surface area contributed by atoms with E-state index in [2.05, 4.69) is 45.5 Å². The van der Waals surface area contributed by atoms with Crippen molar-refractivity contribution in [2.24, 2.45) is 17.2 Å². The standard InChI is InChI=1S/C13H19BrN4O/c1-8(2)13(3-4-13)7-17-12(19)10-5-9(14)6-16-11(10)18-15/h5-6,8H,3-4,7,15H2,1-2H3,(H,16,18)(H,17,19). The Hall–Kier alpha value is -1.14. The molecule has 0 atom stereocenters. The van der Waals surface area contributed by atoms with Gasteiger partial charge >= 0.3 is 0 Å². The fourth-order valence-electron chi connectivity index (χ4n) is 2.20. The molecule has 0 bridgehead atoms. The maximum Gasteiger partial charge on any atom is 0.255 e. The molecule has 1 fully saturated rings. The van der Waals surface area contributed by atoms with Gasteiger partial charge in [-0.25, -0.2) is 10.8 Å². The molecule has 1 saturated carbocycles. The van der Waals surface area contributed by atoms with Crippen LogP contribution in [0.15, 0.2) is 16.7 Å². The first-order chi connectivity index (χ1) is 8.98. The maximum atomic E-state index is 12.2. The van der Waals surface area contributed by atoms with Crippen LogP contribution in [0.2, 0.25) is 0 Å². The molecule has 2 rings (SSSR count). The van der Waals surface area contributed by atoms with Crippen LogP contribution in [0.25, 0.3) is 0 Å². The SMILES string of the molecule is CC(C)C1(CNC(=O)c2cc(Br)cnc2NN)CC1. The van der Waals surface area contributed by atoms with Gasteiger partial charge in [-0.15, -0.1) is 0 Å². The van der Waals surface area contributed by atoms with E-state index in [-0.39, 0.29) is 11.3 Å². The maximum absolute atomic E-state index is 12.2. The van der Waals surface area contributed by atoms with Gasteiger partial charge < -0.3 is 10.7 Å². The molecule has 1 heterocycles. The Morgan fingerprint density at radius 2 is 2.26 bits per heavy atom. The molecule has 6 heteroatoms. The van der Waals surface area contributed by atoms with Gasteiger partial charge in [-0.1, -0.05) is 13.8 Å². The van der Waals surface area contributed by atoms with E-state index in [4.69, 9.17) is 5.84 Å². The van der Waals surface area contributed by atoms with Crippen molar-refractivity contribution in [3.05, 3.63) is 22.3 Å². The van der Waals surface area contributed by atoms with Crippen LogP contribution in [-0.2, 0) is 0 Å². The van der Waals surface area contributed by atoms with Gasteiger partial charge in [0.15, 0.2) is 5.82 Å². The number of carbonyl (C=O) groups excluding carboxylic acids is 1. The van der Waals surface area contributed by atoms with Crippen molar-refractivity contribution in [3.8, 4) is 0 Å². The minimum absolute atomic E-state index is 0.145. The predicted molar refractivity (Wildman–Crippen MR) is 78.6 cm³/mol. The molecule has 1 aromatic heterocycles. The average Bonchev–Trinajstić information content (AvgIpc) is 3.17. The molecule has 0 unspecified atom stereocenters. The van der Waals surface area contributed by atoms with Gasteiger partial charge in [0.2, 0.25) is 0 Å². The van der Waals surface area contributed by atoms with Gasteiger partial charge in [-0.05, 0) is 46.2 Å². The zero-order valence-corrected chi connectivity index (χ0v) is 12.8. The average molecular weight is 327 g/mol. The third-order valence-corrected chi connectivity index (χ3v) is 4.39. The fourth-order valence-corrected chi connectivity index (χ4v) is 2.53. The van der Waals surface area contributed by atoms with Crippen LogP contribution < -0.4 is 16.6 Å². The zero-order valence-electron chi connectivity index (χ0n) is 11.2. The third-order valence-electron chi connectivity index (χ3n) is 3.95. The highest BCUT2D eigenvalue weighted by atomic mass is 79.9. The normalized spacial score (nSPS) is 16.3. The van der Waals surface area contributed by atoms with Crippen LogP contribution in [0.4, 0.5) is 5.82 Å². The summed E-state index contributed by atoms with van der Waals surface area (Å²) in [6, 6.07) is 1.71. The number of nitrogen functional groups attached to an aromatic ring is 1. The summed E-state index contributed by atoms with van der Waals surface area (Å²) in [6.45, 7) is 5.11. The molecule has 1 amide bonds. The Bertz CT molecular complexity index is 486. The van der Waals surface area contributed by atoms with E-state index in [9.17, 15) is 4.79 Å². The lowest BCUT2D eigenvalue weighted by atomic mass is 9.92. The Kier molecular flexibility index (Phi) is 4.10. The molecule has 0 radical (unpaired) electrons. The van der Waals surface area contributed by atoms with Gasteiger partial charge in [0.1, 0.15) is 0 Å². The van der Waals surface area contributed by atoms with Crippen molar-refractivity contribution in [1.82, 2.24) is 10.3 Å². The highest BCUT2D eigenvalue weighted by Crippen LogP contribution is 2.51. The van der Waals surface area contributed by atoms with Gasteiger partial charge in [0.25, 0.3) is 5.91 Å². The summed E-state index contributed by atoms with van der Waals surface area (Å²) in [7, 11) is 0. The number of aromatic nitrogens is 1. The van der Waals surface area contributed by atoms with Crippen LogP contribution in [0, 0.1) is 11.3 Å². The highest BCUT2D eigenvalue weighted by molar-refractivity contribution is 9.10. The summed E-state index contributed by atoms with van der Waals surface area (Å²) < 4.78 is 0.752. The predicted octanol–water partition coefficient (Wildman–Crippen LogP) is 2.30. The van der Waals surface area contributed by atoms with Gasteiger partial charge in [0, 0.05) is 17.2 Å². The first-order valence-electron chi connectivity index (χ1n) is 6.39. The van der Waals surface area contributed by atoms with Crippen LogP contribution in [0.3, 0.4) is 0 Å². The summed E-state index contributed by atoms with van der Waals surface area (Å²) >= 11 is 3.31. The smallest absolute Gasteiger partial charge is 0.255 e. The van der Waals surface area contributed by atoms with E-state index in [1.54, 1.807) is 12.3 Å². The summed E-state index contributed by atoms with van der Waals surface area (Å²) in [4.78, 5) is 16.3. The molecule has 1 aliphatic rings. The van der Waals surface area contributed by atoms with Crippen molar-refractivity contribution in [2.75, 3.05) is 12.0 Å². The second-order valence-corrected chi connectivity index (χ2v) is 6.31. The van der Waals surface area contributed by atoms with Crippen molar-refractivity contribution in [2.45, 2.75) is 26.7 Å². The van der Waals surface area contributed by atoms with Gasteiger partial charge in [-0.2, -0.15) is 0 Å². The molecule has 0 aliphatic heterocycles. The molecule has 104 valence electrons. The molecule has 19 heavy (non-hydrogen) atoms. The monoisotopic (exact) mass is 326 g/mol. The number of hydrogen-bond acceptors (Lipinski definition) is 4. The molecular weight excluding hydrogens is 308 g/mol. The Labute approximate surface area is 121 Å². The summed E-state index contributed by atoms with van der Waals surface area (Å²) in [5, 5.41) is 2.99. The third kappa shape index (κ3) is 3.06. The molecule has 5 nitrogen and oxygen atoms in total. The molecule has 0 spiro atoms. The number of nitrogens with two attached hydrogens (primary N) is 1. The topological polar surface area (TPSA) is 80.0 Å². The minimum atomic E-state index is -0.145. The summed E-state index contributed by atoms with van der Waals surface area (Å²) in [6.07, 6.45) is 3.97. The second-order valence-electron chi connectivity index (χ2n) is 5.39. The lowest BCUT2D eigenvalue weighted by Crippen LogP contribution is -2.33. The lowest BCUT2D eigenvalue weighted by molar-refractivity contribution is 0.0940. The summed E-state index contributed by atoms with van der Waals surface area (Å²) in [5.74, 6) is 6.20. The summed E-state index contributed by atoms with van der Waals surface area (Å²) in [5.41, 5.74) is 3.18. The number of rotatable bonds is 5. The lowest BCUT2D eigenvalue weighted by Gasteiger charge is -2.20. The number of nitrogens with zero attached hydrogens (tertiary/aromatic N) is 1. The Morgan fingerprint density at radius 3 is 2.79 bits per heavy atom. The zero-order chi connectivity index (χ0) is 14.0. The number of halogens is 1. The largest absolute Gasteiger partial charge is 0.351 e. The number of hydrazine groups is 1. The number of carbonyl (C=O) groups is 1. The first-order valence-corrected chi connectivity index (χ1v) is 7.18. The van der Waals surface area contributed by atoms with E-state index >= 15 is 0 Å². The fraction of sp³-hybridized carbons (Fsp3) is 0.538. The number of anilines is 1. The molecule has 0 saturated heterocycles. The van der Waals surface area contributed by atoms with Crippen LogP contribution >= 0.6 is 15.9 Å². The van der Waals surface area contributed by atoms with Crippen molar-refractivity contribution in [3.63, 3.8) is 0 Å². The molecule has 4 N–H and O–H groups in total. The van der Waals surface area contributed by atoms with E-state index in [0.717, 1.165) is 4.47 Å². The van der Waals surface area contributed by atoms with E-state index < -0.39 is 0 Å². The van der Waals surface area contributed by atoms with Gasteiger partial charge in [0.05, 0.1) is 5.56 Å². The van der Waals surface area contributed by atoms with Crippen molar-refractivity contribution >= 4 is 27.7 Å². The molecular formula is C13H19BrN4O. The van der Waals surface area contributed by atoms with Crippen LogP contribution in [-0.4, -0.2) is 17.4 Å². The van der Waals surface area contributed by atoms with Gasteiger partial charge in [-0.3, -0.25) is 4.79 Å². The minimum Gasteiger partial charge on any atom is -0.351 e. The van der Waals surface area contributed by atoms with Crippen LogP contribution in [0.5, 0.6) is 0 Å². The Balaban J connectivity index is 2.06. The number of amides is 1. The number of pyridine rings is 1. The highest BCUT2D eigenvalue weighted by Gasteiger charge is 2.45. The molecule has 1 aromatic rings. The second kappa shape index (κ2) is 5.46. The Morgan fingerprint density at radius 1 is 1.58 bits per heavy atom. The van der Waals surface area contributed by atoms with E-state index in [1.807, 2.05) is 0 Å². The quantitative estimate of drug-likeness (QED) is 0.573. The van der Waals surface area contributed by atoms with Crippen LogP contribution in [0.1, 0.15) is 37.0 Å². The van der Waals surface area contributed by atoms with Crippen molar-refractivity contribution < 1.29 is 4.79 Å². The van der Waals surface area contributed by atoms with Crippen molar-refractivity contribution in [1.29, 1.82) is 0 Å². The van der Waals surface area contributed by atoms with E-state index in [1.165, 1.54) is 12.8 Å². The number of nitrogens with one attached hydrogen (secondary N) is 2. The van der Waals surface area contributed by atoms with E-state index in [0.29, 0.717) is 23.8 Å². The molecule has 1 aliphatic carbocycles. The first kappa shape index (κ1) is 14.3. The molecule has 0 aromatic carbocycles.